The summed E-state index contributed by atoms with van der Waals surface area (Å²) in [6.45, 7) is 1.81. The summed E-state index contributed by atoms with van der Waals surface area (Å²) in [5, 5.41) is 9.72. The molecule has 0 unspecified atom stereocenters. The van der Waals surface area contributed by atoms with Gasteiger partial charge in [-0.05, 0) is 30.2 Å². The summed E-state index contributed by atoms with van der Waals surface area (Å²) in [6, 6.07) is 28.7. The second-order valence-electron chi connectivity index (χ2n) is 7.01. The fraction of sp³-hybridized carbons (Fsp3) is 0.125. The van der Waals surface area contributed by atoms with Crippen LogP contribution in [0.3, 0.4) is 0 Å². The van der Waals surface area contributed by atoms with E-state index in [9.17, 15) is 9.59 Å². The van der Waals surface area contributed by atoms with Crippen LogP contribution in [0.2, 0.25) is 0 Å². The van der Waals surface area contributed by atoms with Crippen LogP contribution in [0.15, 0.2) is 101 Å². The molecule has 2 N–H and O–H groups in total. The van der Waals surface area contributed by atoms with Crippen LogP contribution in [-0.4, -0.2) is 25.9 Å². The molecule has 1 aromatic heterocycles. The van der Waals surface area contributed by atoms with E-state index >= 15 is 0 Å². The maximum Gasteiger partial charge on any atom is 0.348 e. The van der Waals surface area contributed by atoms with Crippen LogP contribution < -0.4 is 11.0 Å². The van der Waals surface area contributed by atoms with E-state index in [1.165, 1.54) is 16.3 Å². The molecule has 1 atom stereocenters. The molecule has 0 bridgehead atoms. The molecule has 1 amide bonds. The third-order valence-corrected chi connectivity index (χ3v) is 5.91. The molecule has 3 aromatic carbocycles. The molecule has 31 heavy (non-hydrogen) atoms. The van der Waals surface area contributed by atoms with Gasteiger partial charge in [0.25, 0.3) is 0 Å². The number of carbonyl (C=O) groups is 1. The first-order chi connectivity index (χ1) is 15.1. The SMILES string of the molecule is C[C@@H](Sc1n[nH]c(=O)n1-c1ccccc1)C(=O)NC(c1ccccc1)c1ccccc1. The van der Waals surface area contributed by atoms with Crippen LogP contribution in [0.4, 0.5) is 0 Å². The smallest absolute Gasteiger partial charge is 0.344 e. The molecule has 0 fully saturated rings. The van der Waals surface area contributed by atoms with Crippen molar-refractivity contribution in [2.24, 2.45) is 0 Å². The first-order valence-electron chi connectivity index (χ1n) is 9.93. The van der Waals surface area contributed by atoms with Gasteiger partial charge in [-0.1, -0.05) is 90.6 Å². The zero-order valence-electron chi connectivity index (χ0n) is 16.9. The monoisotopic (exact) mass is 430 g/mol. The predicted molar refractivity (Wildman–Crippen MR) is 122 cm³/mol. The van der Waals surface area contributed by atoms with Crippen molar-refractivity contribution in [1.29, 1.82) is 0 Å². The van der Waals surface area contributed by atoms with E-state index in [-0.39, 0.29) is 17.6 Å². The number of rotatable bonds is 7. The van der Waals surface area contributed by atoms with Crippen molar-refractivity contribution in [3.05, 3.63) is 113 Å². The molecule has 156 valence electrons. The van der Waals surface area contributed by atoms with Crippen LogP contribution in [0.1, 0.15) is 24.1 Å². The van der Waals surface area contributed by atoms with Gasteiger partial charge in [-0.25, -0.2) is 14.5 Å². The highest BCUT2D eigenvalue weighted by Gasteiger charge is 2.23. The van der Waals surface area contributed by atoms with Crippen LogP contribution >= 0.6 is 11.8 Å². The van der Waals surface area contributed by atoms with E-state index in [1.54, 1.807) is 0 Å². The molecule has 4 rings (SSSR count). The molecule has 0 spiro atoms. The van der Waals surface area contributed by atoms with Gasteiger partial charge < -0.3 is 5.32 Å². The number of aromatic nitrogens is 3. The Morgan fingerprint density at radius 3 is 1.97 bits per heavy atom. The van der Waals surface area contributed by atoms with Gasteiger partial charge in [0.1, 0.15) is 0 Å². The average molecular weight is 431 g/mol. The van der Waals surface area contributed by atoms with E-state index in [0.29, 0.717) is 10.8 Å². The van der Waals surface area contributed by atoms with Crippen molar-refractivity contribution in [1.82, 2.24) is 20.1 Å². The Morgan fingerprint density at radius 2 is 1.42 bits per heavy atom. The van der Waals surface area contributed by atoms with Crippen LogP contribution in [-0.2, 0) is 4.79 Å². The van der Waals surface area contributed by atoms with E-state index < -0.39 is 5.25 Å². The fourth-order valence-corrected chi connectivity index (χ4v) is 4.17. The molecule has 0 saturated heterocycles. The van der Waals surface area contributed by atoms with E-state index in [4.69, 9.17) is 0 Å². The number of nitrogens with zero attached hydrogens (tertiary/aromatic N) is 2. The van der Waals surface area contributed by atoms with Crippen LogP contribution in [0.25, 0.3) is 5.69 Å². The topological polar surface area (TPSA) is 79.8 Å². The lowest BCUT2D eigenvalue weighted by atomic mass is 9.98. The highest BCUT2D eigenvalue weighted by Crippen LogP contribution is 2.26. The number of amides is 1. The van der Waals surface area contributed by atoms with Crippen molar-refractivity contribution in [3.8, 4) is 5.69 Å². The minimum Gasteiger partial charge on any atom is -0.344 e. The maximum absolute atomic E-state index is 13.1. The number of H-pyrrole nitrogens is 1. The summed E-state index contributed by atoms with van der Waals surface area (Å²) in [5.41, 5.74) is 2.36. The summed E-state index contributed by atoms with van der Waals surface area (Å²) in [6.07, 6.45) is 0. The van der Waals surface area contributed by atoms with Gasteiger partial charge in [0.05, 0.1) is 17.0 Å². The number of carbonyl (C=O) groups excluding carboxylic acids is 1. The molecule has 0 aliphatic rings. The quantitative estimate of drug-likeness (QED) is 0.435. The minimum absolute atomic E-state index is 0.141. The van der Waals surface area contributed by atoms with Gasteiger partial charge in [-0.3, -0.25) is 4.79 Å². The Hall–Kier alpha value is -3.58. The average Bonchev–Trinajstić information content (AvgIpc) is 3.18. The lowest BCUT2D eigenvalue weighted by Gasteiger charge is -2.22. The number of benzene rings is 3. The zero-order valence-corrected chi connectivity index (χ0v) is 17.8. The molecule has 6 nitrogen and oxygen atoms in total. The number of hydrogen-bond acceptors (Lipinski definition) is 4. The molecule has 0 saturated carbocycles. The molecule has 0 aliphatic heterocycles. The molecule has 1 heterocycles. The summed E-state index contributed by atoms with van der Waals surface area (Å²) in [4.78, 5) is 25.4. The molecule has 0 radical (unpaired) electrons. The second-order valence-corrected chi connectivity index (χ2v) is 8.31. The first-order valence-corrected chi connectivity index (χ1v) is 10.8. The Morgan fingerprint density at radius 1 is 0.903 bits per heavy atom. The van der Waals surface area contributed by atoms with Gasteiger partial charge in [-0.2, -0.15) is 0 Å². The predicted octanol–water partition coefficient (Wildman–Crippen LogP) is 3.95. The number of thioether (sulfide) groups is 1. The lowest BCUT2D eigenvalue weighted by molar-refractivity contribution is -0.120. The van der Waals surface area contributed by atoms with Crippen molar-refractivity contribution in [3.63, 3.8) is 0 Å². The molecule has 4 aromatic rings. The van der Waals surface area contributed by atoms with Crippen molar-refractivity contribution < 1.29 is 4.79 Å². The highest BCUT2D eigenvalue weighted by molar-refractivity contribution is 8.00. The van der Waals surface area contributed by atoms with Crippen molar-refractivity contribution in [2.45, 2.75) is 23.4 Å². The molecule has 7 heteroatoms. The summed E-state index contributed by atoms with van der Waals surface area (Å²) in [5.74, 6) is -0.141. The summed E-state index contributed by atoms with van der Waals surface area (Å²) in [7, 11) is 0. The van der Waals surface area contributed by atoms with Gasteiger partial charge in [0.2, 0.25) is 5.91 Å². The maximum atomic E-state index is 13.1. The van der Waals surface area contributed by atoms with Crippen molar-refractivity contribution in [2.75, 3.05) is 0 Å². The third kappa shape index (κ3) is 4.78. The van der Waals surface area contributed by atoms with E-state index in [1.807, 2.05) is 97.9 Å². The van der Waals surface area contributed by atoms with Crippen LogP contribution in [0.5, 0.6) is 0 Å². The molecular formula is C24H22N4O2S. The van der Waals surface area contributed by atoms with E-state index in [0.717, 1.165) is 11.1 Å². The second kappa shape index (κ2) is 9.49. The number of aromatic amines is 1. The molecular weight excluding hydrogens is 408 g/mol. The number of hydrogen-bond donors (Lipinski definition) is 2. The Kier molecular flexibility index (Phi) is 6.33. The summed E-state index contributed by atoms with van der Waals surface area (Å²) < 4.78 is 1.47. The fourth-order valence-electron chi connectivity index (χ4n) is 3.29. The zero-order chi connectivity index (χ0) is 21.6. The van der Waals surface area contributed by atoms with Crippen molar-refractivity contribution >= 4 is 17.7 Å². The minimum atomic E-state index is -0.465. The first kappa shape index (κ1) is 20.7. The normalized spacial score (nSPS) is 11.9. The third-order valence-electron chi connectivity index (χ3n) is 4.86. The summed E-state index contributed by atoms with van der Waals surface area (Å²) >= 11 is 1.23. The molecule has 0 aliphatic carbocycles. The Balaban J connectivity index is 1.55. The van der Waals surface area contributed by atoms with Gasteiger partial charge in [-0.15, -0.1) is 5.10 Å². The van der Waals surface area contributed by atoms with Gasteiger partial charge in [0.15, 0.2) is 5.16 Å². The lowest BCUT2D eigenvalue weighted by Crippen LogP contribution is -2.35. The van der Waals surface area contributed by atoms with Crippen LogP contribution in [0, 0.1) is 0 Å². The Labute approximate surface area is 184 Å². The van der Waals surface area contributed by atoms with Gasteiger partial charge in [0, 0.05) is 0 Å². The highest BCUT2D eigenvalue weighted by atomic mass is 32.2. The number of nitrogens with one attached hydrogen (secondary N) is 2. The Bertz CT molecular complexity index is 1150. The standard InChI is InChI=1S/C24H22N4O2S/c1-17(31-24-27-26-23(30)28(24)20-15-9-4-10-16-20)22(29)25-21(18-11-5-2-6-12-18)19-13-7-3-8-14-19/h2-17,21H,1H3,(H,25,29)(H,26,30)/t17-/m1/s1. The largest absolute Gasteiger partial charge is 0.348 e. The van der Waals surface area contributed by atoms with Gasteiger partial charge >= 0.3 is 5.69 Å². The number of para-hydroxylation sites is 1. The van der Waals surface area contributed by atoms with E-state index in [2.05, 4.69) is 15.5 Å².